The molecule has 0 bridgehead atoms. The van der Waals surface area contributed by atoms with Crippen molar-refractivity contribution >= 4 is 5.91 Å². The van der Waals surface area contributed by atoms with Gasteiger partial charge in [-0.15, -0.1) is 0 Å². The van der Waals surface area contributed by atoms with Crippen molar-refractivity contribution in [2.75, 3.05) is 26.2 Å². The number of amides is 1. The molecule has 1 amide bonds. The first-order valence-corrected chi connectivity index (χ1v) is 8.76. The van der Waals surface area contributed by atoms with Gasteiger partial charge in [-0.1, -0.05) is 32.6 Å². The highest BCUT2D eigenvalue weighted by Gasteiger charge is 2.26. The third-order valence-electron chi connectivity index (χ3n) is 5.31. The predicted molar refractivity (Wildman–Crippen MR) is 83.7 cm³/mol. The van der Waals surface area contributed by atoms with Gasteiger partial charge in [0.2, 0.25) is 5.91 Å². The highest BCUT2D eigenvalue weighted by atomic mass is 16.2. The van der Waals surface area contributed by atoms with Gasteiger partial charge in [0.25, 0.3) is 0 Å². The number of likely N-dealkylation sites (tertiary alicyclic amines) is 1. The van der Waals surface area contributed by atoms with Gasteiger partial charge in [-0.25, -0.2) is 0 Å². The molecule has 1 saturated heterocycles. The Hall–Kier alpha value is -0.570. The molecule has 3 nitrogen and oxygen atoms in total. The number of hydrogen-bond donors (Lipinski definition) is 0. The highest BCUT2D eigenvalue weighted by molar-refractivity contribution is 5.76. The van der Waals surface area contributed by atoms with Crippen LogP contribution in [0.5, 0.6) is 0 Å². The monoisotopic (exact) mass is 280 g/mol. The van der Waals surface area contributed by atoms with Gasteiger partial charge in [0.15, 0.2) is 0 Å². The minimum Gasteiger partial charge on any atom is -0.341 e. The molecule has 0 spiro atoms. The van der Waals surface area contributed by atoms with E-state index in [-0.39, 0.29) is 0 Å². The van der Waals surface area contributed by atoms with E-state index in [1.807, 2.05) is 0 Å². The summed E-state index contributed by atoms with van der Waals surface area (Å²) in [5.74, 6) is 1.22. The summed E-state index contributed by atoms with van der Waals surface area (Å²) in [6.07, 6.45) is 9.92. The van der Waals surface area contributed by atoms with Crippen molar-refractivity contribution in [3.63, 3.8) is 0 Å². The molecule has 3 heteroatoms. The smallest absolute Gasteiger partial charge is 0.222 e. The van der Waals surface area contributed by atoms with Crippen LogP contribution in [0.1, 0.15) is 65.2 Å². The number of hydrogen-bond acceptors (Lipinski definition) is 2. The van der Waals surface area contributed by atoms with Gasteiger partial charge in [0.05, 0.1) is 0 Å². The Morgan fingerprint density at radius 3 is 2.55 bits per heavy atom. The molecule has 2 aliphatic rings. The molecule has 0 aromatic carbocycles. The van der Waals surface area contributed by atoms with Gasteiger partial charge in [-0.2, -0.15) is 0 Å². The van der Waals surface area contributed by atoms with Gasteiger partial charge in [-0.05, 0) is 45.2 Å². The molecule has 1 aliphatic carbocycles. The maximum absolute atomic E-state index is 12.4. The second kappa shape index (κ2) is 8.02. The number of nitrogens with zero attached hydrogens (tertiary/aromatic N) is 2. The van der Waals surface area contributed by atoms with E-state index >= 15 is 0 Å². The molecule has 1 saturated carbocycles. The first-order valence-electron chi connectivity index (χ1n) is 8.76. The van der Waals surface area contributed by atoms with Crippen LogP contribution in [0.25, 0.3) is 0 Å². The summed E-state index contributed by atoms with van der Waals surface area (Å²) in [5, 5.41) is 0. The van der Waals surface area contributed by atoms with Crippen molar-refractivity contribution in [1.82, 2.24) is 9.80 Å². The zero-order valence-electron chi connectivity index (χ0n) is 13.4. The first-order chi connectivity index (χ1) is 9.74. The third kappa shape index (κ3) is 4.21. The lowest BCUT2D eigenvalue weighted by atomic mass is 10.0. The SMILES string of the molecule is CCN(C[C@@H]1CCCN1CC)C(=O)CCC1CCCC1. The Morgan fingerprint density at radius 1 is 1.15 bits per heavy atom. The number of likely N-dealkylation sites (N-methyl/N-ethyl adjacent to an activating group) is 2. The van der Waals surface area contributed by atoms with Crippen LogP contribution < -0.4 is 0 Å². The average molecular weight is 280 g/mol. The number of rotatable bonds is 7. The Bertz CT molecular complexity index is 299. The van der Waals surface area contributed by atoms with E-state index in [1.165, 1.54) is 45.1 Å². The Balaban J connectivity index is 1.76. The van der Waals surface area contributed by atoms with Crippen molar-refractivity contribution in [1.29, 1.82) is 0 Å². The van der Waals surface area contributed by atoms with Crippen LogP contribution >= 0.6 is 0 Å². The average Bonchev–Trinajstić information content (AvgIpc) is 3.12. The van der Waals surface area contributed by atoms with Crippen molar-refractivity contribution in [3.05, 3.63) is 0 Å². The molecular formula is C17H32N2O. The highest BCUT2D eigenvalue weighted by Crippen LogP contribution is 2.28. The van der Waals surface area contributed by atoms with Crippen molar-refractivity contribution in [3.8, 4) is 0 Å². The van der Waals surface area contributed by atoms with Gasteiger partial charge >= 0.3 is 0 Å². The van der Waals surface area contributed by atoms with Gasteiger partial charge in [0, 0.05) is 25.6 Å². The van der Waals surface area contributed by atoms with E-state index in [1.54, 1.807) is 0 Å². The zero-order chi connectivity index (χ0) is 14.4. The molecule has 0 N–H and O–H groups in total. The van der Waals surface area contributed by atoms with Gasteiger partial charge in [-0.3, -0.25) is 9.69 Å². The summed E-state index contributed by atoms with van der Waals surface area (Å²) in [4.78, 5) is 17.1. The normalized spacial score (nSPS) is 24.4. The van der Waals surface area contributed by atoms with Crippen LogP contribution in [0, 0.1) is 5.92 Å². The molecule has 2 fully saturated rings. The number of carbonyl (C=O) groups is 1. The molecule has 0 unspecified atom stereocenters. The van der Waals surface area contributed by atoms with Crippen molar-refractivity contribution in [2.45, 2.75) is 71.3 Å². The predicted octanol–water partition coefficient (Wildman–Crippen LogP) is 3.29. The quantitative estimate of drug-likeness (QED) is 0.714. The van der Waals surface area contributed by atoms with Crippen LogP contribution in [0.15, 0.2) is 0 Å². The summed E-state index contributed by atoms with van der Waals surface area (Å²) in [7, 11) is 0. The summed E-state index contributed by atoms with van der Waals surface area (Å²) < 4.78 is 0. The molecule has 20 heavy (non-hydrogen) atoms. The summed E-state index contributed by atoms with van der Waals surface area (Å²) in [6.45, 7) is 8.52. The van der Waals surface area contributed by atoms with Gasteiger partial charge < -0.3 is 4.90 Å². The van der Waals surface area contributed by atoms with Crippen molar-refractivity contribution in [2.24, 2.45) is 5.92 Å². The summed E-state index contributed by atoms with van der Waals surface area (Å²) >= 11 is 0. The molecule has 1 aliphatic heterocycles. The lowest BCUT2D eigenvalue weighted by Crippen LogP contribution is -2.43. The molecule has 0 radical (unpaired) electrons. The molecular weight excluding hydrogens is 248 g/mol. The summed E-state index contributed by atoms with van der Waals surface area (Å²) in [6, 6.07) is 0.607. The zero-order valence-corrected chi connectivity index (χ0v) is 13.4. The van der Waals surface area contributed by atoms with E-state index in [4.69, 9.17) is 0 Å². The molecule has 0 aromatic heterocycles. The van der Waals surface area contributed by atoms with E-state index in [9.17, 15) is 4.79 Å². The number of carbonyl (C=O) groups excluding carboxylic acids is 1. The minimum absolute atomic E-state index is 0.391. The first kappa shape index (κ1) is 15.8. The fourth-order valence-corrected chi connectivity index (χ4v) is 3.96. The molecule has 2 rings (SSSR count). The summed E-state index contributed by atoms with van der Waals surface area (Å²) in [5.41, 5.74) is 0. The second-order valence-electron chi connectivity index (χ2n) is 6.55. The second-order valence-corrected chi connectivity index (χ2v) is 6.55. The van der Waals surface area contributed by atoms with Crippen LogP contribution in [0.2, 0.25) is 0 Å². The van der Waals surface area contributed by atoms with E-state index in [0.717, 1.165) is 38.4 Å². The lowest BCUT2D eigenvalue weighted by Gasteiger charge is -2.30. The van der Waals surface area contributed by atoms with E-state index < -0.39 is 0 Å². The molecule has 1 atom stereocenters. The maximum atomic E-state index is 12.4. The topological polar surface area (TPSA) is 23.6 Å². The van der Waals surface area contributed by atoms with E-state index in [2.05, 4.69) is 23.6 Å². The fourth-order valence-electron chi connectivity index (χ4n) is 3.96. The van der Waals surface area contributed by atoms with Crippen LogP contribution in [-0.2, 0) is 4.79 Å². The fraction of sp³-hybridized carbons (Fsp3) is 0.941. The third-order valence-corrected chi connectivity index (χ3v) is 5.31. The van der Waals surface area contributed by atoms with Crippen LogP contribution in [-0.4, -0.2) is 47.9 Å². The molecule has 0 aromatic rings. The molecule has 116 valence electrons. The van der Waals surface area contributed by atoms with E-state index in [0.29, 0.717) is 11.9 Å². The largest absolute Gasteiger partial charge is 0.341 e. The van der Waals surface area contributed by atoms with Crippen molar-refractivity contribution < 1.29 is 4.79 Å². The van der Waals surface area contributed by atoms with Crippen LogP contribution in [0.4, 0.5) is 0 Å². The molecule has 1 heterocycles. The van der Waals surface area contributed by atoms with Gasteiger partial charge in [0.1, 0.15) is 0 Å². The Morgan fingerprint density at radius 2 is 1.90 bits per heavy atom. The maximum Gasteiger partial charge on any atom is 0.222 e. The Labute approximate surface area is 124 Å². The minimum atomic E-state index is 0.391. The lowest BCUT2D eigenvalue weighted by molar-refractivity contribution is -0.132. The standard InChI is InChI=1S/C17H32N2O/c1-3-18-13-7-10-16(18)14-19(4-2)17(20)12-11-15-8-5-6-9-15/h15-16H,3-14H2,1-2H3/t16-/m0/s1. The Kier molecular flexibility index (Phi) is 6.34. The van der Waals surface area contributed by atoms with Crippen LogP contribution in [0.3, 0.4) is 0 Å².